The number of ether oxygens (including phenoxy) is 3. The summed E-state index contributed by atoms with van der Waals surface area (Å²) in [5, 5.41) is 10.8. The quantitative estimate of drug-likeness (QED) is 0.349. The van der Waals surface area contributed by atoms with Gasteiger partial charge in [-0.2, -0.15) is 0 Å². The van der Waals surface area contributed by atoms with Crippen molar-refractivity contribution < 1.29 is 33.3 Å². The van der Waals surface area contributed by atoms with Crippen LogP contribution in [0.25, 0.3) is 0 Å². The van der Waals surface area contributed by atoms with E-state index in [1.54, 1.807) is 30.2 Å². The molecule has 9 nitrogen and oxygen atoms in total. The Morgan fingerprint density at radius 2 is 1.94 bits per heavy atom. The number of morpholine rings is 1. The van der Waals surface area contributed by atoms with Gasteiger partial charge in [0.05, 0.1) is 44.8 Å². The van der Waals surface area contributed by atoms with Gasteiger partial charge in [0.15, 0.2) is 23.0 Å². The standard InChI is InChI=1S/C27H34N2O7/c1-3-4-14-35-20-9-8-19(18-22(20)33-2)24-23(25(30)21-7-5-15-36-21)26(31)27(32)29(24)11-6-10-28-12-16-34-17-13-28/h5,7-9,15,18,24,31H,3-4,6,10-14,16-17H2,1-2H3. The zero-order valence-electron chi connectivity index (χ0n) is 20.9. The lowest BCUT2D eigenvalue weighted by Gasteiger charge is -2.30. The van der Waals surface area contributed by atoms with Crippen LogP contribution in [0, 0.1) is 0 Å². The van der Waals surface area contributed by atoms with Crippen LogP contribution >= 0.6 is 0 Å². The summed E-state index contributed by atoms with van der Waals surface area (Å²) in [5.74, 6) is -0.482. The minimum Gasteiger partial charge on any atom is -0.503 e. The largest absolute Gasteiger partial charge is 0.503 e. The van der Waals surface area contributed by atoms with Gasteiger partial charge in [-0.1, -0.05) is 19.4 Å². The maximum atomic E-state index is 13.3. The molecule has 2 aromatic rings. The van der Waals surface area contributed by atoms with E-state index in [0.717, 1.165) is 32.5 Å². The van der Waals surface area contributed by atoms with Crippen LogP contribution in [-0.2, 0) is 9.53 Å². The number of aliphatic hydroxyl groups excluding tert-OH is 1. The molecule has 1 amide bonds. The zero-order valence-corrected chi connectivity index (χ0v) is 20.9. The lowest BCUT2D eigenvalue weighted by atomic mass is 9.94. The highest BCUT2D eigenvalue weighted by molar-refractivity contribution is 6.15. The minimum atomic E-state index is -0.779. The molecule has 4 rings (SSSR count). The SMILES string of the molecule is CCCCOc1ccc(C2C(C(=O)c3ccco3)=C(O)C(=O)N2CCCN2CCOCC2)cc1OC. The highest BCUT2D eigenvalue weighted by atomic mass is 16.5. The van der Waals surface area contributed by atoms with Crippen molar-refractivity contribution in [3.8, 4) is 11.5 Å². The summed E-state index contributed by atoms with van der Waals surface area (Å²) in [5.41, 5.74) is 0.649. The first-order valence-electron chi connectivity index (χ1n) is 12.5. The summed E-state index contributed by atoms with van der Waals surface area (Å²) in [6.07, 6.45) is 4.00. The van der Waals surface area contributed by atoms with Crippen molar-refractivity contribution in [1.82, 2.24) is 9.80 Å². The number of rotatable bonds is 12. The number of amides is 1. The maximum absolute atomic E-state index is 13.3. The van der Waals surface area contributed by atoms with Crippen LogP contribution in [0.1, 0.15) is 48.3 Å². The molecule has 3 heterocycles. The molecule has 1 aromatic heterocycles. The number of carbonyl (C=O) groups is 2. The van der Waals surface area contributed by atoms with Gasteiger partial charge in [0.2, 0.25) is 5.78 Å². The summed E-state index contributed by atoms with van der Waals surface area (Å²) in [4.78, 5) is 30.4. The molecule has 9 heteroatoms. The molecule has 2 aliphatic heterocycles. The summed E-state index contributed by atoms with van der Waals surface area (Å²) in [7, 11) is 1.55. The number of hydrogen-bond donors (Lipinski definition) is 1. The Kier molecular flexibility index (Phi) is 8.66. The molecule has 0 aliphatic carbocycles. The third kappa shape index (κ3) is 5.57. The zero-order chi connectivity index (χ0) is 25.5. The first-order chi connectivity index (χ1) is 17.5. The molecule has 1 N–H and O–H groups in total. The van der Waals surface area contributed by atoms with E-state index >= 15 is 0 Å². The summed E-state index contributed by atoms with van der Waals surface area (Å²) >= 11 is 0. The number of ketones is 1. The van der Waals surface area contributed by atoms with E-state index in [4.69, 9.17) is 18.6 Å². The molecule has 0 radical (unpaired) electrons. The van der Waals surface area contributed by atoms with Gasteiger partial charge in [0, 0.05) is 26.2 Å². The van der Waals surface area contributed by atoms with Crippen LogP contribution in [0.5, 0.6) is 11.5 Å². The molecule has 1 unspecified atom stereocenters. The molecule has 0 bridgehead atoms. The van der Waals surface area contributed by atoms with Gasteiger partial charge in [-0.25, -0.2) is 0 Å². The predicted molar refractivity (Wildman–Crippen MR) is 132 cm³/mol. The second kappa shape index (κ2) is 12.1. The molecular weight excluding hydrogens is 464 g/mol. The topological polar surface area (TPSA) is 102 Å². The third-order valence-electron chi connectivity index (χ3n) is 6.53. The Hall–Kier alpha value is -3.30. The van der Waals surface area contributed by atoms with Gasteiger partial charge in [-0.15, -0.1) is 0 Å². The summed E-state index contributed by atoms with van der Waals surface area (Å²) in [6, 6.07) is 7.70. The maximum Gasteiger partial charge on any atom is 0.290 e. The normalized spacial score (nSPS) is 18.7. The van der Waals surface area contributed by atoms with Crippen molar-refractivity contribution in [2.75, 3.05) is 53.1 Å². The van der Waals surface area contributed by atoms with Crippen LogP contribution in [0.4, 0.5) is 0 Å². The minimum absolute atomic E-state index is 0.00280. The fourth-order valence-corrected chi connectivity index (χ4v) is 4.59. The van der Waals surface area contributed by atoms with Crippen molar-refractivity contribution in [1.29, 1.82) is 0 Å². The summed E-state index contributed by atoms with van der Waals surface area (Å²) < 4.78 is 22.1. The Balaban J connectivity index is 1.62. The number of Topliss-reactive ketones (excluding diaryl/α,β-unsaturated/α-hetero) is 1. The van der Waals surface area contributed by atoms with Gasteiger partial charge in [-0.05, 0) is 42.7 Å². The van der Waals surface area contributed by atoms with E-state index in [0.29, 0.717) is 49.8 Å². The average Bonchev–Trinajstić information content (AvgIpc) is 3.53. The van der Waals surface area contributed by atoms with E-state index in [9.17, 15) is 14.7 Å². The highest BCUT2D eigenvalue weighted by Crippen LogP contribution is 2.41. The van der Waals surface area contributed by atoms with Crippen LogP contribution in [0.15, 0.2) is 52.3 Å². The van der Waals surface area contributed by atoms with E-state index in [-0.39, 0.29) is 11.3 Å². The van der Waals surface area contributed by atoms with Gasteiger partial charge in [-0.3, -0.25) is 14.5 Å². The fraction of sp³-hybridized carbons (Fsp3) is 0.481. The lowest BCUT2D eigenvalue weighted by molar-refractivity contribution is -0.129. The summed E-state index contributed by atoms with van der Waals surface area (Å²) in [6.45, 7) is 6.89. The van der Waals surface area contributed by atoms with Crippen molar-refractivity contribution in [2.24, 2.45) is 0 Å². The van der Waals surface area contributed by atoms with Gasteiger partial charge < -0.3 is 28.6 Å². The average molecular weight is 499 g/mol. The van der Waals surface area contributed by atoms with Crippen LogP contribution < -0.4 is 9.47 Å². The molecule has 0 spiro atoms. The number of benzene rings is 1. The van der Waals surface area contributed by atoms with Crippen molar-refractivity contribution in [2.45, 2.75) is 32.2 Å². The Morgan fingerprint density at radius 1 is 1.14 bits per heavy atom. The number of unbranched alkanes of at least 4 members (excludes halogenated alkanes) is 1. The van der Waals surface area contributed by atoms with E-state index < -0.39 is 23.5 Å². The second-order valence-electron chi connectivity index (χ2n) is 8.89. The Bertz CT molecular complexity index is 1070. The highest BCUT2D eigenvalue weighted by Gasteiger charge is 2.44. The van der Waals surface area contributed by atoms with Crippen molar-refractivity contribution in [3.63, 3.8) is 0 Å². The molecule has 0 saturated carbocycles. The van der Waals surface area contributed by atoms with Crippen LogP contribution in [0.2, 0.25) is 0 Å². The smallest absolute Gasteiger partial charge is 0.290 e. The van der Waals surface area contributed by atoms with Crippen molar-refractivity contribution >= 4 is 11.7 Å². The molecule has 1 aromatic carbocycles. The van der Waals surface area contributed by atoms with E-state index in [1.165, 1.54) is 12.3 Å². The first-order valence-corrected chi connectivity index (χ1v) is 12.5. The number of methoxy groups -OCH3 is 1. The number of aliphatic hydroxyl groups is 1. The molecule has 36 heavy (non-hydrogen) atoms. The monoisotopic (exact) mass is 498 g/mol. The van der Waals surface area contributed by atoms with Gasteiger partial charge in [0.1, 0.15) is 0 Å². The van der Waals surface area contributed by atoms with E-state index in [1.807, 2.05) is 6.07 Å². The third-order valence-corrected chi connectivity index (χ3v) is 6.53. The lowest BCUT2D eigenvalue weighted by Crippen LogP contribution is -2.39. The molecular formula is C27H34N2O7. The number of carbonyl (C=O) groups excluding carboxylic acids is 2. The molecule has 1 fully saturated rings. The second-order valence-corrected chi connectivity index (χ2v) is 8.89. The predicted octanol–water partition coefficient (Wildman–Crippen LogP) is 3.77. The molecule has 1 atom stereocenters. The van der Waals surface area contributed by atoms with Crippen LogP contribution in [0.3, 0.4) is 0 Å². The fourth-order valence-electron chi connectivity index (χ4n) is 4.59. The molecule has 194 valence electrons. The van der Waals surface area contributed by atoms with Gasteiger partial charge >= 0.3 is 0 Å². The van der Waals surface area contributed by atoms with E-state index in [2.05, 4.69) is 11.8 Å². The Labute approximate surface area is 211 Å². The number of nitrogens with zero attached hydrogens (tertiary/aromatic N) is 2. The number of furan rings is 1. The number of hydrogen-bond acceptors (Lipinski definition) is 8. The van der Waals surface area contributed by atoms with Gasteiger partial charge in [0.25, 0.3) is 5.91 Å². The first kappa shape index (κ1) is 25.8. The van der Waals surface area contributed by atoms with Crippen molar-refractivity contribution in [3.05, 3.63) is 59.3 Å². The van der Waals surface area contributed by atoms with Crippen LogP contribution in [-0.4, -0.2) is 79.7 Å². The molecule has 2 aliphatic rings. The molecule has 1 saturated heterocycles. The Morgan fingerprint density at radius 3 is 2.64 bits per heavy atom.